The lowest BCUT2D eigenvalue weighted by molar-refractivity contribution is 0.100. The number of amides is 3. The molecular weight excluding hydrogens is 278 g/mol. The molecule has 1 aromatic rings. The molecule has 3 amide bonds. The Morgan fingerprint density at radius 2 is 1.90 bits per heavy atom. The molecule has 106 valence electrons. The molecule has 0 fully saturated rings. The SMILES string of the molecule is C=CCN(CC=C)C(=O)Nc1ccc(C(N)=O)c(Cl)c1. The number of nitrogens with one attached hydrogen (secondary N) is 1. The molecule has 0 aromatic heterocycles. The lowest BCUT2D eigenvalue weighted by Crippen LogP contribution is -2.35. The molecule has 1 aromatic carbocycles. The highest BCUT2D eigenvalue weighted by Crippen LogP contribution is 2.20. The second-order valence-electron chi connectivity index (χ2n) is 3.97. The first-order valence-electron chi connectivity index (χ1n) is 5.86. The van der Waals surface area contributed by atoms with Gasteiger partial charge in [-0.05, 0) is 18.2 Å². The fourth-order valence-corrected chi connectivity index (χ4v) is 1.82. The number of urea groups is 1. The topological polar surface area (TPSA) is 75.4 Å². The highest BCUT2D eigenvalue weighted by molar-refractivity contribution is 6.34. The minimum absolute atomic E-state index is 0.189. The van der Waals surface area contributed by atoms with Crippen LogP contribution >= 0.6 is 11.6 Å². The van der Waals surface area contributed by atoms with E-state index >= 15 is 0 Å². The fraction of sp³-hybridized carbons (Fsp3) is 0.143. The molecule has 0 atom stereocenters. The lowest BCUT2D eigenvalue weighted by atomic mass is 10.2. The van der Waals surface area contributed by atoms with Crippen molar-refractivity contribution in [3.63, 3.8) is 0 Å². The summed E-state index contributed by atoms with van der Waals surface area (Å²) in [6.07, 6.45) is 3.23. The second-order valence-corrected chi connectivity index (χ2v) is 4.38. The summed E-state index contributed by atoms with van der Waals surface area (Å²) in [5.41, 5.74) is 5.83. The van der Waals surface area contributed by atoms with Crippen molar-refractivity contribution in [3.8, 4) is 0 Å². The molecule has 0 radical (unpaired) electrons. The zero-order valence-electron chi connectivity index (χ0n) is 10.9. The number of primary amides is 1. The van der Waals surface area contributed by atoms with Gasteiger partial charge in [0.15, 0.2) is 0 Å². The van der Waals surface area contributed by atoms with Gasteiger partial charge in [-0.1, -0.05) is 23.8 Å². The predicted octanol–water partition coefficient (Wildman–Crippen LogP) is 2.64. The molecule has 0 bridgehead atoms. The molecule has 0 spiro atoms. The Morgan fingerprint density at radius 3 is 2.35 bits per heavy atom. The molecule has 0 saturated carbocycles. The van der Waals surface area contributed by atoms with Crippen molar-refractivity contribution in [3.05, 3.63) is 54.1 Å². The molecule has 1 rings (SSSR count). The van der Waals surface area contributed by atoms with E-state index in [2.05, 4.69) is 18.5 Å². The Morgan fingerprint density at radius 1 is 1.30 bits per heavy atom. The molecule has 3 N–H and O–H groups in total. The van der Waals surface area contributed by atoms with Crippen LogP contribution in [0.3, 0.4) is 0 Å². The van der Waals surface area contributed by atoms with Gasteiger partial charge < -0.3 is 16.0 Å². The summed E-state index contributed by atoms with van der Waals surface area (Å²) >= 11 is 5.91. The molecule has 0 aliphatic rings. The molecule has 0 aliphatic heterocycles. The van der Waals surface area contributed by atoms with Crippen LogP contribution in [0.1, 0.15) is 10.4 Å². The van der Waals surface area contributed by atoms with Crippen LogP contribution in [0.15, 0.2) is 43.5 Å². The Labute approximate surface area is 122 Å². The molecular formula is C14H16ClN3O2. The zero-order chi connectivity index (χ0) is 15.1. The normalized spacial score (nSPS) is 9.65. The first-order chi connectivity index (χ1) is 9.49. The summed E-state index contributed by atoms with van der Waals surface area (Å²) in [5, 5.41) is 2.86. The van der Waals surface area contributed by atoms with Crippen molar-refractivity contribution in [2.45, 2.75) is 0 Å². The number of nitrogens with two attached hydrogens (primary N) is 1. The Balaban J connectivity index is 2.84. The average molecular weight is 294 g/mol. The molecule has 0 heterocycles. The number of nitrogens with zero attached hydrogens (tertiary/aromatic N) is 1. The van der Waals surface area contributed by atoms with Crippen molar-refractivity contribution < 1.29 is 9.59 Å². The van der Waals surface area contributed by atoms with Crippen molar-refractivity contribution >= 4 is 29.2 Å². The predicted molar refractivity (Wildman–Crippen MR) is 81.0 cm³/mol. The van der Waals surface area contributed by atoms with E-state index in [1.54, 1.807) is 18.2 Å². The molecule has 0 saturated heterocycles. The summed E-state index contributed by atoms with van der Waals surface area (Å²) in [6.45, 7) is 7.97. The van der Waals surface area contributed by atoms with E-state index < -0.39 is 5.91 Å². The van der Waals surface area contributed by atoms with Gasteiger partial charge in [0, 0.05) is 18.8 Å². The van der Waals surface area contributed by atoms with Crippen LogP contribution in [-0.4, -0.2) is 29.9 Å². The van der Waals surface area contributed by atoms with Crippen LogP contribution in [0.5, 0.6) is 0 Å². The Hall–Kier alpha value is -2.27. The summed E-state index contributed by atoms with van der Waals surface area (Å²) in [4.78, 5) is 24.6. The molecule has 5 nitrogen and oxygen atoms in total. The summed E-state index contributed by atoms with van der Waals surface area (Å²) < 4.78 is 0. The van der Waals surface area contributed by atoms with E-state index in [0.717, 1.165) is 0 Å². The van der Waals surface area contributed by atoms with Crippen LogP contribution in [0.2, 0.25) is 5.02 Å². The van der Waals surface area contributed by atoms with E-state index in [9.17, 15) is 9.59 Å². The minimum atomic E-state index is -0.618. The van der Waals surface area contributed by atoms with Gasteiger partial charge in [-0.2, -0.15) is 0 Å². The highest BCUT2D eigenvalue weighted by Gasteiger charge is 2.12. The molecule has 0 unspecified atom stereocenters. The van der Waals surface area contributed by atoms with Crippen molar-refractivity contribution in [1.29, 1.82) is 0 Å². The van der Waals surface area contributed by atoms with E-state index in [1.807, 2.05) is 0 Å². The Bertz CT molecular complexity index is 533. The second kappa shape index (κ2) is 7.35. The third-order valence-corrected chi connectivity index (χ3v) is 2.78. The molecule has 6 heteroatoms. The first kappa shape index (κ1) is 15.8. The zero-order valence-corrected chi connectivity index (χ0v) is 11.7. The standard InChI is InChI=1S/C14H16ClN3O2/c1-3-7-18(8-4-2)14(20)17-10-5-6-11(13(16)19)12(15)9-10/h3-6,9H,1-2,7-8H2,(H2,16,19)(H,17,20). The van der Waals surface area contributed by atoms with Gasteiger partial charge >= 0.3 is 6.03 Å². The first-order valence-corrected chi connectivity index (χ1v) is 6.24. The number of hydrogen-bond donors (Lipinski definition) is 2. The van der Waals surface area contributed by atoms with Gasteiger partial charge in [-0.3, -0.25) is 4.79 Å². The third kappa shape index (κ3) is 4.13. The molecule has 0 aliphatic carbocycles. The van der Waals surface area contributed by atoms with Gasteiger partial charge in [-0.15, -0.1) is 13.2 Å². The minimum Gasteiger partial charge on any atom is -0.366 e. The van der Waals surface area contributed by atoms with Crippen LogP contribution < -0.4 is 11.1 Å². The quantitative estimate of drug-likeness (QED) is 0.791. The monoisotopic (exact) mass is 293 g/mol. The largest absolute Gasteiger partial charge is 0.366 e. The summed E-state index contributed by atoms with van der Waals surface area (Å²) in [6, 6.07) is 4.18. The number of carbonyl (C=O) groups excluding carboxylic acids is 2. The third-order valence-electron chi connectivity index (χ3n) is 2.47. The number of benzene rings is 1. The number of hydrogen-bond acceptors (Lipinski definition) is 2. The van der Waals surface area contributed by atoms with E-state index in [0.29, 0.717) is 18.8 Å². The van der Waals surface area contributed by atoms with Crippen molar-refractivity contribution in [2.24, 2.45) is 5.73 Å². The number of halogens is 1. The number of rotatable bonds is 6. The van der Waals surface area contributed by atoms with Crippen LogP contribution in [0.25, 0.3) is 0 Å². The molecule has 20 heavy (non-hydrogen) atoms. The highest BCUT2D eigenvalue weighted by atomic mass is 35.5. The van der Waals surface area contributed by atoms with Crippen LogP contribution in [0, 0.1) is 0 Å². The number of anilines is 1. The van der Waals surface area contributed by atoms with Crippen LogP contribution in [0.4, 0.5) is 10.5 Å². The van der Waals surface area contributed by atoms with Crippen LogP contribution in [-0.2, 0) is 0 Å². The number of carbonyl (C=O) groups is 2. The van der Waals surface area contributed by atoms with Gasteiger partial charge in [0.1, 0.15) is 0 Å². The maximum absolute atomic E-state index is 12.0. The van der Waals surface area contributed by atoms with Gasteiger partial charge in [-0.25, -0.2) is 4.79 Å². The fourth-order valence-electron chi connectivity index (χ4n) is 1.55. The lowest BCUT2D eigenvalue weighted by Gasteiger charge is -2.20. The van der Waals surface area contributed by atoms with E-state index in [1.165, 1.54) is 17.0 Å². The van der Waals surface area contributed by atoms with E-state index in [-0.39, 0.29) is 16.6 Å². The van der Waals surface area contributed by atoms with Crippen molar-refractivity contribution in [2.75, 3.05) is 18.4 Å². The van der Waals surface area contributed by atoms with Crippen molar-refractivity contribution in [1.82, 2.24) is 4.90 Å². The Kier molecular flexibility index (Phi) is 5.80. The summed E-state index contributed by atoms with van der Waals surface area (Å²) in [5.74, 6) is -0.618. The van der Waals surface area contributed by atoms with Gasteiger partial charge in [0.25, 0.3) is 0 Å². The maximum atomic E-state index is 12.0. The van der Waals surface area contributed by atoms with E-state index in [4.69, 9.17) is 17.3 Å². The van der Waals surface area contributed by atoms with Gasteiger partial charge in [0.05, 0.1) is 10.6 Å². The van der Waals surface area contributed by atoms with Gasteiger partial charge in [0.2, 0.25) is 5.91 Å². The average Bonchev–Trinajstić information content (AvgIpc) is 2.38. The summed E-state index contributed by atoms with van der Waals surface area (Å²) in [7, 11) is 0. The maximum Gasteiger partial charge on any atom is 0.322 e. The smallest absolute Gasteiger partial charge is 0.322 e.